The summed E-state index contributed by atoms with van der Waals surface area (Å²) in [6.45, 7) is 18.6. The zero-order valence-corrected chi connectivity index (χ0v) is 49.6. The van der Waals surface area contributed by atoms with E-state index >= 15 is 0 Å². The van der Waals surface area contributed by atoms with Crippen molar-refractivity contribution in [3.8, 4) is 5.75 Å². The maximum atomic E-state index is 14.8. The lowest BCUT2D eigenvalue weighted by atomic mass is 9.77. The monoisotopic (exact) mass is 1160 g/mol. The quantitative estimate of drug-likeness (QED) is 0.0522. The molecule has 3 fully saturated rings. The number of methoxy groups -OCH3 is 1. The number of hydrogen-bond acceptors (Lipinski definition) is 17. The van der Waals surface area contributed by atoms with Crippen LogP contribution in [0.2, 0.25) is 0 Å². The number of alkyl carbamates (subject to hydrolysis) is 1. The van der Waals surface area contributed by atoms with E-state index in [0.717, 1.165) is 15.6 Å². The van der Waals surface area contributed by atoms with Crippen LogP contribution in [0, 0.1) is 23.2 Å². The number of cyclic esters (lactones) is 1. The topological polar surface area (TPSA) is 245 Å². The van der Waals surface area contributed by atoms with Crippen LogP contribution < -0.4 is 20.9 Å². The highest BCUT2D eigenvalue weighted by molar-refractivity contribution is 9.10. The van der Waals surface area contributed by atoms with Crippen molar-refractivity contribution in [2.75, 3.05) is 41.3 Å². The smallest absolute Gasteiger partial charge is 0.426 e. The molecule has 0 saturated carbocycles. The third-order valence-electron chi connectivity index (χ3n) is 15.4. The Morgan fingerprint density at radius 2 is 1.54 bits per heavy atom. The first-order valence-corrected chi connectivity index (χ1v) is 28.0. The van der Waals surface area contributed by atoms with Crippen molar-refractivity contribution in [2.45, 2.75) is 187 Å². The van der Waals surface area contributed by atoms with Gasteiger partial charge in [0.25, 0.3) is 5.91 Å². The van der Waals surface area contributed by atoms with Gasteiger partial charge in [0.15, 0.2) is 12.6 Å². The molecule has 20 nitrogen and oxygen atoms in total. The lowest BCUT2D eigenvalue weighted by Gasteiger charge is -2.49. The fraction of sp³-hybridized carbons (Fsp3) is 0.684. The van der Waals surface area contributed by atoms with E-state index in [1.165, 1.54) is 6.08 Å². The van der Waals surface area contributed by atoms with Gasteiger partial charge < -0.3 is 63.4 Å². The van der Waals surface area contributed by atoms with Gasteiger partial charge in [-0.25, -0.2) is 15.0 Å². The number of benzene rings is 2. The van der Waals surface area contributed by atoms with Crippen LogP contribution in [-0.2, 0) is 49.2 Å². The second-order valence-corrected chi connectivity index (χ2v) is 23.7. The van der Waals surface area contributed by atoms with Gasteiger partial charge in [-0.15, -0.1) is 0 Å². The third kappa shape index (κ3) is 17.8. The Morgan fingerprint density at radius 1 is 0.872 bits per heavy atom. The first kappa shape index (κ1) is 64.4. The van der Waals surface area contributed by atoms with Crippen LogP contribution in [0.4, 0.5) is 9.59 Å². The van der Waals surface area contributed by atoms with E-state index in [1.807, 2.05) is 114 Å². The van der Waals surface area contributed by atoms with E-state index in [2.05, 4.69) is 32.1 Å². The fourth-order valence-corrected chi connectivity index (χ4v) is 11.4. The molecule has 78 heavy (non-hydrogen) atoms. The summed E-state index contributed by atoms with van der Waals surface area (Å²) in [6.07, 6.45) is -8.72. The normalized spacial score (nSPS) is 34.4. The number of ether oxygens (including phenoxy) is 8. The molecular formula is C57H88BrN5O15. The molecule has 0 aliphatic carbocycles. The van der Waals surface area contributed by atoms with Crippen LogP contribution in [0.1, 0.15) is 106 Å². The summed E-state index contributed by atoms with van der Waals surface area (Å²) in [5.74, 6) is -2.86. The van der Waals surface area contributed by atoms with Crippen LogP contribution in [0.25, 0.3) is 6.08 Å². The molecule has 0 spiro atoms. The molecule has 17 atom stereocenters. The molecule has 0 radical (unpaired) electrons. The Labute approximate surface area is 469 Å². The van der Waals surface area contributed by atoms with Crippen LogP contribution >= 0.6 is 15.9 Å². The Hall–Kier alpha value is -4.42. The summed E-state index contributed by atoms with van der Waals surface area (Å²) in [4.78, 5) is 58.0. The molecule has 3 saturated heterocycles. The highest BCUT2D eigenvalue weighted by Gasteiger charge is 2.52. The minimum Gasteiger partial charge on any atom is -0.497 e. The summed E-state index contributed by atoms with van der Waals surface area (Å²) in [7, 11) is 7.16. The third-order valence-corrected chi connectivity index (χ3v) is 15.9. The fourth-order valence-electron chi connectivity index (χ4n) is 11.1. The van der Waals surface area contributed by atoms with E-state index in [1.54, 1.807) is 47.8 Å². The number of aliphatic hydroxyl groups excluding tert-OH is 2. The summed E-state index contributed by atoms with van der Waals surface area (Å²) >= 11 is 3.38. The van der Waals surface area contributed by atoms with Crippen molar-refractivity contribution >= 4 is 46.1 Å². The number of likely N-dealkylation sites (N-methyl/N-ethyl adjacent to an activating group) is 2. The van der Waals surface area contributed by atoms with Crippen molar-refractivity contribution in [1.29, 1.82) is 0 Å². The number of hydrogen-bond donors (Lipinski definition) is 6. The zero-order chi connectivity index (χ0) is 57.8. The summed E-state index contributed by atoms with van der Waals surface area (Å²) in [5.41, 5.74) is 3.89. The van der Waals surface area contributed by atoms with Gasteiger partial charge in [-0.2, -0.15) is 0 Å². The Bertz CT molecular complexity index is 2270. The molecule has 5 rings (SSSR count). The number of nitrogens with zero attached hydrogens (tertiary/aromatic N) is 2. The highest BCUT2D eigenvalue weighted by atomic mass is 79.9. The largest absolute Gasteiger partial charge is 0.497 e. The van der Waals surface area contributed by atoms with Crippen molar-refractivity contribution < 1.29 is 72.4 Å². The lowest BCUT2D eigenvalue weighted by Crippen LogP contribution is -2.60. The van der Waals surface area contributed by atoms with Gasteiger partial charge in [-0.05, 0) is 129 Å². The van der Waals surface area contributed by atoms with Gasteiger partial charge in [0.2, 0.25) is 0 Å². The molecule has 3 heterocycles. The van der Waals surface area contributed by atoms with Gasteiger partial charge in [0, 0.05) is 53.5 Å². The van der Waals surface area contributed by atoms with Crippen LogP contribution in [0.5, 0.6) is 5.75 Å². The number of amides is 3. The number of hydrazine groups is 1. The Kier molecular flexibility index (Phi) is 23.8. The maximum absolute atomic E-state index is 14.8. The predicted molar refractivity (Wildman–Crippen MR) is 296 cm³/mol. The van der Waals surface area contributed by atoms with Crippen molar-refractivity contribution in [1.82, 2.24) is 26.0 Å². The number of carbonyl (C=O) groups excluding carboxylic acids is 4. The average molecular weight is 1160 g/mol. The minimum absolute atomic E-state index is 0.143. The zero-order valence-electron chi connectivity index (χ0n) is 48.0. The van der Waals surface area contributed by atoms with E-state index in [0.29, 0.717) is 25.1 Å². The predicted octanol–water partition coefficient (Wildman–Crippen LogP) is 6.36. The number of nitrogens with one attached hydrogen (secondary N) is 3. The number of halogens is 1. The van der Waals surface area contributed by atoms with Gasteiger partial charge in [0.05, 0.1) is 43.0 Å². The van der Waals surface area contributed by atoms with Crippen LogP contribution in [-0.4, -0.2) is 176 Å². The van der Waals surface area contributed by atoms with E-state index < -0.39 is 114 Å². The number of rotatable bonds is 14. The van der Waals surface area contributed by atoms with Crippen molar-refractivity contribution in [3.63, 3.8) is 0 Å². The first-order valence-electron chi connectivity index (χ1n) is 27.2. The first-order chi connectivity index (χ1) is 36.6. The van der Waals surface area contributed by atoms with Gasteiger partial charge >= 0.3 is 18.2 Å². The molecule has 438 valence electrons. The van der Waals surface area contributed by atoms with Gasteiger partial charge in [-0.1, -0.05) is 74.8 Å². The van der Waals surface area contributed by atoms with E-state index in [4.69, 9.17) is 37.9 Å². The molecule has 1 unspecified atom stereocenters. The molecule has 6 N–H and O–H groups in total. The van der Waals surface area contributed by atoms with E-state index in [9.17, 15) is 34.5 Å². The summed E-state index contributed by atoms with van der Waals surface area (Å²) in [5, 5.41) is 39.7. The molecular weight excluding hydrogens is 1070 g/mol. The van der Waals surface area contributed by atoms with Gasteiger partial charge in [-0.3, -0.25) is 19.9 Å². The SMILES string of the molecule is CC[C@H]1OC(=O)[C@H](C)[C@@H](OC2CC(C)(C)[C@@H](OC(=O)NNC(=O)/C=C/c3ccc(Br)cc3)[C@H](C)O2)[C@H](C)[C@@H](O[C@@H]2O[C@H](C)C[C@H](N(C)C)[C@H]2O)[C@@](C)(O)C[C@@H](C)CN(C)[C@H](C)[C@@H](OC(=O)NCCc2ccc(OC)cc2)[C@H]1O. The minimum atomic E-state index is -1.67. The molecule has 0 aromatic heterocycles. The van der Waals surface area contributed by atoms with E-state index in [-0.39, 0.29) is 43.9 Å². The Balaban J connectivity index is 1.43. The van der Waals surface area contributed by atoms with Crippen LogP contribution in [0.15, 0.2) is 59.1 Å². The van der Waals surface area contributed by atoms with Crippen molar-refractivity contribution in [2.24, 2.45) is 23.2 Å². The molecule has 2 aromatic carbocycles. The van der Waals surface area contributed by atoms with Gasteiger partial charge in [0.1, 0.15) is 36.3 Å². The molecule has 2 aromatic rings. The molecule has 0 bridgehead atoms. The average Bonchev–Trinajstić information content (AvgIpc) is 3.38. The number of carbonyl (C=O) groups is 4. The molecule has 21 heteroatoms. The Morgan fingerprint density at radius 3 is 2.15 bits per heavy atom. The summed E-state index contributed by atoms with van der Waals surface area (Å²) in [6, 6.07) is 13.8. The van der Waals surface area contributed by atoms with Crippen LogP contribution in [0.3, 0.4) is 0 Å². The molecule has 3 aliphatic rings. The molecule has 3 aliphatic heterocycles. The maximum Gasteiger partial charge on any atom is 0.426 e. The highest BCUT2D eigenvalue weighted by Crippen LogP contribution is 2.42. The lowest BCUT2D eigenvalue weighted by molar-refractivity contribution is -0.312. The van der Waals surface area contributed by atoms with Crippen molar-refractivity contribution in [3.05, 3.63) is 70.2 Å². The second kappa shape index (κ2) is 28.8. The second-order valence-electron chi connectivity index (χ2n) is 22.8. The molecule has 3 amide bonds. The number of aliphatic hydroxyl groups is 3. The summed E-state index contributed by atoms with van der Waals surface area (Å²) < 4.78 is 50.9. The number of esters is 1. The standard InChI is InChI=1S/C57H88BrN5O15/c1-15-43-47(66)49(76-54(68)59-27-26-39-18-23-41(71-14)24-19-39)36(6)63(13)31-32(2)29-57(10,70)50(77-53-46(65)42(62(11)12)28-33(3)72-53)34(4)48(35(5)52(67)74-43)75-45-30-56(8,9)51(37(7)73-45)78-55(69)61-60-44(64)25-20-38-16-21-40(58)22-17-38/h16-25,32-37,42-43,45-51,53,65-66,70H,15,26-31H2,1-14H3,(H,59,68)(H,60,64)(H,61,69)/b25-20+/t32-,33-,34+,35-,36-,37+,42+,43-,45?,46-,47+,48+,49-,50-,51+,53+,57+/m1/s1.